The van der Waals surface area contributed by atoms with E-state index < -0.39 is 0 Å². The molecule has 1 N–H and O–H groups in total. The van der Waals surface area contributed by atoms with Gasteiger partial charge in [-0.15, -0.1) is 0 Å². The fourth-order valence-corrected chi connectivity index (χ4v) is 3.43. The standard InChI is InChI=1S/C18H16ClN3O/c19-13-9-7-12(8-10-13)16-6-3-11-22(16)18(23)17-14-4-1-2-5-15(14)20-21-17/h1-2,4-5,7-10,16H,3,6,11H2,(H,20,21). The van der Waals surface area contributed by atoms with Crippen molar-refractivity contribution in [3.63, 3.8) is 0 Å². The number of carbonyl (C=O) groups excluding carboxylic acids is 1. The van der Waals surface area contributed by atoms with E-state index in [2.05, 4.69) is 10.2 Å². The summed E-state index contributed by atoms with van der Waals surface area (Å²) in [6.45, 7) is 0.757. The Balaban J connectivity index is 1.68. The van der Waals surface area contributed by atoms with Crippen LogP contribution in [-0.2, 0) is 0 Å². The Labute approximate surface area is 139 Å². The van der Waals surface area contributed by atoms with Gasteiger partial charge in [-0.1, -0.05) is 41.9 Å². The summed E-state index contributed by atoms with van der Waals surface area (Å²) in [4.78, 5) is 14.9. The van der Waals surface area contributed by atoms with Crippen molar-refractivity contribution in [2.75, 3.05) is 6.54 Å². The number of rotatable bonds is 2. The average molecular weight is 326 g/mol. The van der Waals surface area contributed by atoms with Crippen molar-refractivity contribution in [2.45, 2.75) is 18.9 Å². The van der Waals surface area contributed by atoms with Crippen LogP contribution in [-0.4, -0.2) is 27.5 Å². The van der Waals surface area contributed by atoms with E-state index in [1.807, 2.05) is 53.4 Å². The summed E-state index contributed by atoms with van der Waals surface area (Å²) in [7, 11) is 0. The van der Waals surface area contributed by atoms with Gasteiger partial charge in [0.1, 0.15) is 0 Å². The Kier molecular flexibility index (Phi) is 3.54. The molecule has 4 rings (SSSR count). The molecule has 1 saturated heterocycles. The van der Waals surface area contributed by atoms with Crippen LogP contribution in [0.15, 0.2) is 48.5 Å². The third-order valence-electron chi connectivity index (χ3n) is 4.44. The van der Waals surface area contributed by atoms with Gasteiger partial charge in [-0.25, -0.2) is 0 Å². The van der Waals surface area contributed by atoms with E-state index in [4.69, 9.17) is 11.6 Å². The summed E-state index contributed by atoms with van der Waals surface area (Å²) in [5, 5.41) is 8.77. The molecule has 1 aromatic heterocycles. The average Bonchev–Trinajstić information content (AvgIpc) is 3.22. The summed E-state index contributed by atoms with van der Waals surface area (Å²) in [6.07, 6.45) is 1.97. The molecule has 1 aliphatic rings. The molecule has 2 aromatic carbocycles. The number of halogens is 1. The van der Waals surface area contributed by atoms with Crippen molar-refractivity contribution in [3.8, 4) is 0 Å². The number of likely N-dealkylation sites (tertiary alicyclic amines) is 1. The van der Waals surface area contributed by atoms with E-state index in [-0.39, 0.29) is 11.9 Å². The first kappa shape index (κ1) is 14.3. The molecule has 3 aromatic rings. The molecule has 5 heteroatoms. The predicted molar refractivity (Wildman–Crippen MR) is 90.6 cm³/mol. The number of hydrogen-bond acceptors (Lipinski definition) is 2. The summed E-state index contributed by atoms with van der Waals surface area (Å²) < 4.78 is 0. The van der Waals surface area contributed by atoms with Crippen LogP contribution < -0.4 is 0 Å². The Morgan fingerprint density at radius 3 is 2.78 bits per heavy atom. The second kappa shape index (κ2) is 5.70. The van der Waals surface area contributed by atoms with Crippen LogP contribution in [0.1, 0.15) is 34.9 Å². The first-order valence-electron chi connectivity index (χ1n) is 7.73. The van der Waals surface area contributed by atoms with Gasteiger partial charge in [0.2, 0.25) is 0 Å². The van der Waals surface area contributed by atoms with E-state index in [0.717, 1.165) is 35.9 Å². The number of nitrogens with zero attached hydrogens (tertiary/aromatic N) is 2. The molecule has 116 valence electrons. The van der Waals surface area contributed by atoms with Crippen molar-refractivity contribution in [1.82, 2.24) is 15.1 Å². The first-order chi connectivity index (χ1) is 11.2. The van der Waals surface area contributed by atoms with Crippen LogP contribution in [0.4, 0.5) is 0 Å². The quantitative estimate of drug-likeness (QED) is 0.768. The lowest BCUT2D eigenvalue weighted by atomic mass is 10.0. The molecule has 4 nitrogen and oxygen atoms in total. The van der Waals surface area contributed by atoms with Gasteiger partial charge in [-0.2, -0.15) is 5.10 Å². The largest absolute Gasteiger partial charge is 0.330 e. The summed E-state index contributed by atoms with van der Waals surface area (Å²) in [5.74, 6) is -0.0140. The van der Waals surface area contributed by atoms with E-state index in [9.17, 15) is 4.79 Å². The summed E-state index contributed by atoms with van der Waals surface area (Å²) >= 11 is 5.97. The molecule has 1 aliphatic heterocycles. The van der Waals surface area contributed by atoms with Crippen LogP contribution in [0.25, 0.3) is 10.9 Å². The molecule has 0 aliphatic carbocycles. The Morgan fingerprint density at radius 1 is 1.17 bits per heavy atom. The molecule has 23 heavy (non-hydrogen) atoms. The molecule has 0 radical (unpaired) electrons. The second-order valence-corrected chi connectivity index (χ2v) is 6.26. The van der Waals surface area contributed by atoms with E-state index in [1.54, 1.807) is 0 Å². The highest BCUT2D eigenvalue weighted by atomic mass is 35.5. The molecule has 0 bridgehead atoms. The fourth-order valence-electron chi connectivity index (χ4n) is 3.30. The second-order valence-electron chi connectivity index (χ2n) is 5.83. The van der Waals surface area contributed by atoms with Crippen LogP contribution in [0.5, 0.6) is 0 Å². The number of nitrogens with one attached hydrogen (secondary N) is 1. The van der Waals surface area contributed by atoms with Crippen molar-refractivity contribution >= 4 is 28.4 Å². The number of fused-ring (bicyclic) bond motifs is 1. The van der Waals surface area contributed by atoms with E-state index in [0.29, 0.717) is 10.7 Å². The number of H-pyrrole nitrogens is 1. The zero-order chi connectivity index (χ0) is 15.8. The first-order valence-corrected chi connectivity index (χ1v) is 8.11. The van der Waals surface area contributed by atoms with E-state index >= 15 is 0 Å². The number of carbonyl (C=O) groups is 1. The number of amides is 1. The third-order valence-corrected chi connectivity index (χ3v) is 4.69. The van der Waals surface area contributed by atoms with Crippen molar-refractivity contribution in [3.05, 3.63) is 64.8 Å². The molecule has 2 heterocycles. The smallest absolute Gasteiger partial charge is 0.275 e. The lowest BCUT2D eigenvalue weighted by molar-refractivity contribution is 0.0731. The molecule has 1 amide bonds. The molecule has 1 atom stereocenters. The highest BCUT2D eigenvalue weighted by Crippen LogP contribution is 2.34. The monoisotopic (exact) mass is 325 g/mol. The number of benzene rings is 2. The van der Waals surface area contributed by atoms with Gasteiger partial charge >= 0.3 is 0 Å². The van der Waals surface area contributed by atoms with Crippen LogP contribution >= 0.6 is 11.6 Å². The van der Waals surface area contributed by atoms with Crippen molar-refractivity contribution < 1.29 is 4.79 Å². The van der Waals surface area contributed by atoms with Gasteiger partial charge in [-0.3, -0.25) is 9.89 Å². The van der Waals surface area contributed by atoms with Gasteiger partial charge in [0.05, 0.1) is 11.6 Å². The Morgan fingerprint density at radius 2 is 1.96 bits per heavy atom. The summed E-state index contributed by atoms with van der Waals surface area (Å²) in [6, 6.07) is 15.6. The lowest BCUT2D eigenvalue weighted by Gasteiger charge is -2.24. The molecular formula is C18H16ClN3O. The SMILES string of the molecule is O=C(c1n[nH]c2ccccc12)N1CCCC1c1ccc(Cl)cc1. The van der Waals surface area contributed by atoms with E-state index in [1.165, 1.54) is 0 Å². The maximum atomic E-state index is 13.0. The molecule has 1 unspecified atom stereocenters. The summed E-state index contributed by atoms with van der Waals surface area (Å²) in [5.41, 5.74) is 2.51. The number of aromatic amines is 1. The lowest BCUT2D eigenvalue weighted by Crippen LogP contribution is -2.31. The molecule has 1 fully saturated rings. The Bertz CT molecular complexity index is 856. The number of para-hydroxylation sites is 1. The number of aromatic nitrogens is 2. The maximum absolute atomic E-state index is 13.0. The van der Waals surface area contributed by atoms with Gasteiger partial charge in [-0.05, 0) is 36.6 Å². The van der Waals surface area contributed by atoms with Crippen molar-refractivity contribution in [2.24, 2.45) is 0 Å². The number of hydrogen-bond donors (Lipinski definition) is 1. The van der Waals surface area contributed by atoms with Crippen LogP contribution in [0, 0.1) is 0 Å². The highest BCUT2D eigenvalue weighted by molar-refractivity contribution is 6.30. The molecule has 0 spiro atoms. The normalized spacial score (nSPS) is 17.8. The fraction of sp³-hybridized carbons (Fsp3) is 0.222. The minimum atomic E-state index is -0.0140. The maximum Gasteiger partial charge on any atom is 0.275 e. The predicted octanol–water partition coefficient (Wildman–Crippen LogP) is 4.19. The molecular weight excluding hydrogens is 310 g/mol. The Hall–Kier alpha value is -2.33. The van der Waals surface area contributed by atoms with Crippen LogP contribution in [0.3, 0.4) is 0 Å². The zero-order valence-electron chi connectivity index (χ0n) is 12.5. The van der Waals surface area contributed by atoms with Gasteiger partial charge < -0.3 is 4.90 Å². The van der Waals surface area contributed by atoms with Crippen molar-refractivity contribution in [1.29, 1.82) is 0 Å². The van der Waals surface area contributed by atoms with Gasteiger partial charge in [0.25, 0.3) is 5.91 Å². The highest BCUT2D eigenvalue weighted by Gasteiger charge is 2.32. The van der Waals surface area contributed by atoms with Gasteiger partial charge in [0.15, 0.2) is 5.69 Å². The third kappa shape index (κ3) is 2.49. The van der Waals surface area contributed by atoms with Gasteiger partial charge in [0, 0.05) is 17.0 Å². The minimum Gasteiger partial charge on any atom is -0.330 e. The zero-order valence-corrected chi connectivity index (χ0v) is 13.3. The molecule has 0 saturated carbocycles. The van der Waals surface area contributed by atoms with Crippen LogP contribution in [0.2, 0.25) is 5.02 Å². The minimum absolute atomic E-state index is 0.0140. The topological polar surface area (TPSA) is 49.0 Å².